The number of carboxylic acid groups (broad SMARTS) is 1. The van der Waals surface area contributed by atoms with Crippen molar-refractivity contribution in [3.63, 3.8) is 0 Å². The predicted octanol–water partition coefficient (Wildman–Crippen LogP) is 11.7. The maximum absolute atomic E-state index is 9.00. The van der Waals surface area contributed by atoms with Gasteiger partial charge in [-0.3, -0.25) is 16.6 Å². The standard InChI is InChI=1S/2C18H15P.C14H12NS.C2H4O2.BrH.Ru/c2*1-4-10-16(11-5-1)19(17-12-6-2-7-13-17)18-14-8-3-9-15-18;1-2-6-12(7-3-1)10-15-11-16-14-9-5-4-8-13(14)15;1-2(3)4;;/h2*1-15H;1-9,11H,10H2;1H3,(H,3,4);1H;/q;;-1;;;+2/p-1. The number of aliphatic carboxylic acids is 1. The van der Waals surface area contributed by atoms with Crippen LogP contribution in [0.25, 0.3) is 0 Å². The van der Waals surface area contributed by atoms with Gasteiger partial charge in [0.25, 0.3) is 5.97 Å². The van der Waals surface area contributed by atoms with Gasteiger partial charge in [-0.2, -0.15) is 5.88 Å². The molecule has 302 valence electrons. The monoisotopic (exact) mass is 991 g/mol. The second-order valence-electron chi connectivity index (χ2n) is 13.0. The van der Waals surface area contributed by atoms with Gasteiger partial charge in [0.2, 0.25) is 0 Å². The van der Waals surface area contributed by atoms with Crippen LogP contribution < -0.4 is 36.7 Å². The Kier molecular flexibility index (Phi) is 20.5. The Hall–Kier alpha value is -4.66. The number of carbonyl (C=O) groups is 1. The number of hydrogen-bond donors (Lipinski definition) is 1. The SMILES string of the molecule is CC(=O)O.[Br][Ru+].c1ccc(CN2[CH-]Sc3ccccc32)cc1.c1ccc(P(c2ccccc2)c2ccccc2)cc1.c1ccc(P(c2ccccc2)c2ccccc2)cc1. The molecule has 0 radical (unpaired) electrons. The summed E-state index contributed by atoms with van der Waals surface area (Å²) in [5.41, 5.74) is 2.66. The first kappa shape index (κ1) is 46.4. The van der Waals surface area contributed by atoms with Crippen molar-refractivity contribution in [1.29, 1.82) is 0 Å². The molecule has 60 heavy (non-hydrogen) atoms. The van der Waals surface area contributed by atoms with E-state index in [9.17, 15) is 0 Å². The molecule has 1 heterocycles. The van der Waals surface area contributed by atoms with Gasteiger partial charge in [-0.15, -0.1) is 0 Å². The topological polar surface area (TPSA) is 40.5 Å². The summed E-state index contributed by atoms with van der Waals surface area (Å²) in [5.74, 6) is 1.36. The van der Waals surface area contributed by atoms with Crippen molar-refractivity contribution in [3.05, 3.63) is 248 Å². The molecule has 0 saturated carbocycles. The van der Waals surface area contributed by atoms with Crippen LogP contribution in [-0.2, 0) is 27.7 Å². The summed E-state index contributed by atoms with van der Waals surface area (Å²) in [6.45, 7) is 2.03. The summed E-state index contributed by atoms with van der Waals surface area (Å²) in [6, 6.07) is 83.7. The van der Waals surface area contributed by atoms with E-state index in [0.29, 0.717) is 0 Å². The number of thioether (sulfide) groups is 1. The number of carboxylic acids is 1. The summed E-state index contributed by atoms with van der Waals surface area (Å²) in [7, 11) is -0.892. The number of rotatable bonds is 8. The molecule has 8 aromatic rings. The maximum Gasteiger partial charge on any atom is 0.0193 e. The Morgan fingerprint density at radius 3 is 1.03 bits per heavy atom. The van der Waals surface area contributed by atoms with Gasteiger partial charge in [0, 0.05) is 19.2 Å². The van der Waals surface area contributed by atoms with Crippen molar-refractivity contribution in [2.45, 2.75) is 18.4 Å². The third kappa shape index (κ3) is 14.8. The van der Waals surface area contributed by atoms with Crippen molar-refractivity contribution >= 4 is 84.7 Å². The van der Waals surface area contributed by atoms with E-state index in [0.717, 1.165) is 13.5 Å². The zero-order valence-electron chi connectivity index (χ0n) is 33.1. The largest absolute Gasteiger partial charge is 0.508 e. The molecule has 0 fully saturated rings. The first-order chi connectivity index (χ1) is 29.6. The predicted molar refractivity (Wildman–Crippen MR) is 262 cm³/mol. The molecule has 3 nitrogen and oxygen atoms in total. The van der Waals surface area contributed by atoms with Gasteiger partial charge in [-0.25, -0.2) is 0 Å². The number of para-hydroxylation sites is 1. The quantitative estimate of drug-likeness (QED) is 0.0936. The summed E-state index contributed by atoms with van der Waals surface area (Å²) < 4.78 is 0. The molecular formula is C52H46BrNO2P2RuS. The Labute approximate surface area is 379 Å². The van der Waals surface area contributed by atoms with Crippen LogP contribution in [0.3, 0.4) is 0 Å². The third-order valence-electron chi connectivity index (χ3n) is 8.76. The number of benzene rings is 8. The molecule has 0 bridgehead atoms. The number of hydrogen-bond acceptors (Lipinski definition) is 3. The van der Waals surface area contributed by atoms with E-state index in [-0.39, 0.29) is 0 Å². The number of halogens is 1. The van der Waals surface area contributed by atoms with E-state index in [1.807, 2.05) is 0 Å². The molecule has 0 atom stereocenters. The minimum Gasteiger partial charge on any atom is -0.508 e. The normalized spacial score (nSPS) is 10.9. The summed E-state index contributed by atoms with van der Waals surface area (Å²) in [4.78, 5) is 12.6. The number of anilines is 1. The van der Waals surface area contributed by atoms with E-state index in [1.54, 1.807) is 11.8 Å². The molecule has 8 aromatic carbocycles. The van der Waals surface area contributed by atoms with Gasteiger partial charge in [0.1, 0.15) is 0 Å². The summed E-state index contributed by atoms with van der Waals surface area (Å²) in [5, 5.41) is 15.8. The Balaban J connectivity index is 0.000000160. The van der Waals surface area contributed by atoms with E-state index in [2.05, 4.69) is 277 Å². The van der Waals surface area contributed by atoms with E-state index in [4.69, 9.17) is 9.90 Å². The van der Waals surface area contributed by atoms with Crippen molar-refractivity contribution in [3.8, 4) is 0 Å². The van der Waals surface area contributed by atoms with Gasteiger partial charge < -0.3 is 10.0 Å². The second kappa shape index (κ2) is 26.5. The van der Waals surface area contributed by atoms with Gasteiger partial charge in [-0.05, 0) is 70.3 Å². The third-order valence-corrected chi connectivity index (χ3v) is 14.6. The van der Waals surface area contributed by atoms with Gasteiger partial charge in [0.15, 0.2) is 0 Å². The Morgan fingerprint density at radius 1 is 0.483 bits per heavy atom. The van der Waals surface area contributed by atoms with Gasteiger partial charge in [-0.1, -0.05) is 224 Å². The minimum atomic E-state index is -0.833. The maximum atomic E-state index is 9.00. The zero-order chi connectivity index (χ0) is 42.2. The Bertz CT molecular complexity index is 2060. The molecule has 0 unspecified atom stereocenters. The molecule has 8 heteroatoms. The first-order valence-corrected chi connectivity index (χ1v) is 26.7. The smallest absolute Gasteiger partial charge is 0.0193 e. The summed E-state index contributed by atoms with van der Waals surface area (Å²) >= 11 is 6.83. The molecule has 1 aliphatic heterocycles. The molecule has 0 spiro atoms. The first-order valence-electron chi connectivity index (χ1n) is 19.2. The average molecular weight is 992 g/mol. The second-order valence-corrected chi connectivity index (χ2v) is 18.3. The molecule has 1 aliphatic rings. The molecular weight excluding hydrogens is 946 g/mol. The van der Waals surface area contributed by atoms with Gasteiger partial charge >= 0.3 is 30.0 Å². The van der Waals surface area contributed by atoms with Crippen LogP contribution >= 0.6 is 41.2 Å². The molecule has 0 amide bonds. The van der Waals surface area contributed by atoms with Crippen molar-refractivity contribution in [2.24, 2.45) is 0 Å². The van der Waals surface area contributed by atoms with Crippen molar-refractivity contribution in [1.82, 2.24) is 0 Å². The molecule has 0 aromatic heterocycles. The van der Waals surface area contributed by atoms with Crippen LogP contribution in [0.15, 0.2) is 241 Å². The van der Waals surface area contributed by atoms with E-state index < -0.39 is 21.8 Å². The Morgan fingerprint density at radius 2 is 0.733 bits per heavy atom. The zero-order valence-corrected chi connectivity index (χ0v) is 39.1. The van der Waals surface area contributed by atoms with Crippen LogP contribution in [0.2, 0.25) is 0 Å². The van der Waals surface area contributed by atoms with Crippen LogP contribution in [-0.4, -0.2) is 11.1 Å². The van der Waals surface area contributed by atoms with Crippen molar-refractivity contribution in [2.75, 3.05) is 4.90 Å². The van der Waals surface area contributed by atoms with Crippen LogP contribution in [0, 0.1) is 5.88 Å². The van der Waals surface area contributed by atoms with Crippen LogP contribution in [0.5, 0.6) is 0 Å². The van der Waals surface area contributed by atoms with E-state index >= 15 is 0 Å². The molecule has 0 aliphatic carbocycles. The molecule has 0 saturated heterocycles. The fourth-order valence-corrected chi connectivity index (χ4v) is 11.7. The number of nitrogens with zero attached hydrogens (tertiary/aromatic N) is 1. The minimum absolute atomic E-state index is 0.446. The van der Waals surface area contributed by atoms with E-state index in [1.165, 1.54) is 48.0 Å². The van der Waals surface area contributed by atoms with Crippen LogP contribution in [0.1, 0.15) is 12.5 Å². The van der Waals surface area contributed by atoms with Gasteiger partial charge in [0.05, 0.1) is 0 Å². The average Bonchev–Trinajstić information content (AvgIpc) is 3.72. The van der Waals surface area contributed by atoms with Crippen molar-refractivity contribution < 1.29 is 26.2 Å². The fourth-order valence-electron chi connectivity index (χ4n) is 6.23. The molecule has 1 N–H and O–H groups in total. The van der Waals surface area contributed by atoms with Crippen LogP contribution in [0.4, 0.5) is 5.69 Å². The fraction of sp³-hybridized carbons (Fsp3) is 0.0385. The number of fused-ring (bicyclic) bond motifs is 1. The molecule has 9 rings (SSSR count). The summed E-state index contributed by atoms with van der Waals surface area (Å²) in [6.07, 6.45) is 0.